The van der Waals surface area contributed by atoms with E-state index in [9.17, 15) is 4.79 Å². The highest BCUT2D eigenvalue weighted by molar-refractivity contribution is 8.00. The first kappa shape index (κ1) is 17.7. The van der Waals surface area contributed by atoms with Gasteiger partial charge in [-0.25, -0.2) is 4.98 Å². The van der Waals surface area contributed by atoms with E-state index in [0.717, 1.165) is 27.2 Å². The Balaban J connectivity index is 1.66. The third-order valence-corrected chi connectivity index (χ3v) is 7.18. The molecule has 28 heavy (non-hydrogen) atoms. The molecule has 0 atom stereocenters. The minimum absolute atomic E-state index is 0.106. The number of fused-ring (bicyclic) bond motifs is 2. The van der Waals surface area contributed by atoms with E-state index < -0.39 is 0 Å². The Hall–Kier alpha value is -2.35. The fourth-order valence-electron chi connectivity index (χ4n) is 3.18. The number of rotatable bonds is 3. The van der Waals surface area contributed by atoms with Crippen LogP contribution in [0.3, 0.4) is 0 Å². The summed E-state index contributed by atoms with van der Waals surface area (Å²) in [7, 11) is 0. The molecule has 3 heterocycles. The van der Waals surface area contributed by atoms with Crippen molar-refractivity contribution in [2.45, 2.75) is 10.1 Å². The van der Waals surface area contributed by atoms with Crippen molar-refractivity contribution in [3.63, 3.8) is 0 Å². The Morgan fingerprint density at radius 2 is 1.82 bits per heavy atom. The standard InChI is InChI=1S/C21H15N3OS3/c1-26-15-9-7-14(8-10-15)17-12-28-21-22-19-18(20(25)24(21)23-17)16(11-27-19)13-5-3-2-4-6-13/h2-11H,12H2,1H3. The molecule has 1 aliphatic heterocycles. The molecule has 0 bridgehead atoms. The van der Waals surface area contributed by atoms with Crippen LogP contribution in [-0.2, 0) is 0 Å². The highest BCUT2D eigenvalue weighted by Crippen LogP contribution is 2.33. The highest BCUT2D eigenvalue weighted by Gasteiger charge is 2.21. The Bertz CT molecular complexity index is 1260. The van der Waals surface area contributed by atoms with Crippen molar-refractivity contribution in [3.8, 4) is 11.1 Å². The SMILES string of the molecule is CSc1ccc(C2=Nn3c(nc4scc(-c5ccccc5)c4c3=O)SC2)cc1. The van der Waals surface area contributed by atoms with Crippen LogP contribution in [-0.4, -0.2) is 27.4 Å². The first-order valence-electron chi connectivity index (χ1n) is 8.69. The second-order valence-corrected chi connectivity index (χ2v) is 8.95. The van der Waals surface area contributed by atoms with Crippen LogP contribution in [0.5, 0.6) is 0 Å². The summed E-state index contributed by atoms with van der Waals surface area (Å²) in [6.45, 7) is 0. The summed E-state index contributed by atoms with van der Waals surface area (Å²) in [5.41, 5.74) is 3.77. The first-order valence-corrected chi connectivity index (χ1v) is 11.8. The van der Waals surface area contributed by atoms with Crippen LogP contribution in [0.15, 0.2) is 79.9 Å². The molecule has 2 aromatic heterocycles. The minimum atomic E-state index is -0.106. The fraction of sp³-hybridized carbons (Fsp3) is 0.0952. The molecule has 0 N–H and O–H groups in total. The Morgan fingerprint density at radius 3 is 2.57 bits per heavy atom. The number of nitrogens with zero attached hydrogens (tertiary/aromatic N) is 3. The van der Waals surface area contributed by atoms with Crippen molar-refractivity contribution in [1.29, 1.82) is 0 Å². The largest absolute Gasteiger partial charge is 0.284 e. The molecular weight excluding hydrogens is 406 g/mol. The molecule has 0 radical (unpaired) electrons. The molecule has 4 nitrogen and oxygen atoms in total. The van der Waals surface area contributed by atoms with Crippen LogP contribution in [0.4, 0.5) is 0 Å². The van der Waals surface area contributed by atoms with Crippen LogP contribution >= 0.6 is 34.9 Å². The van der Waals surface area contributed by atoms with Gasteiger partial charge in [0, 0.05) is 21.6 Å². The van der Waals surface area contributed by atoms with E-state index in [-0.39, 0.29) is 5.56 Å². The molecule has 2 aromatic carbocycles. The number of hydrogen-bond donors (Lipinski definition) is 0. The zero-order chi connectivity index (χ0) is 19.1. The van der Waals surface area contributed by atoms with Gasteiger partial charge in [-0.1, -0.05) is 54.2 Å². The zero-order valence-electron chi connectivity index (χ0n) is 15.0. The maximum Gasteiger partial charge on any atom is 0.284 e. The van der Waals surface area contributed by atoms with E-state index in [2.05, 4.69) is 35.6 Å². The van der Waals surface area contributed by atoms with Crippen LogP contribution < -0.4 is 5.56 Å². The number of thioether (sulfide) groups is 2. The number of thiophene rings is 1. The van der Waals surface area contributed by atoms with Gasteiger partial charge in [-0.2, -0.15) is 9.78 Å². The lowest BCUT2D eigenvalue weighted by Gasteiger charge is -2.16. The maximum atomic E-state index is 13.3. The molecular formula is C21H15N3OS3. The monoisotopic (exact) mass is 421 g/mol. The highest BCUT2D eigenvalue weighted by atomic mass is 32.2. The molecule has 0 amide bonds. The van der Waals surface area contributed by atoms with Gasteiger partial charge in [0.15, 0.2) is 5.16 Å². The summed E-state index contributed by atoms with van der Waals surface area (Å²) >= 11 is 4.77. The summed E-state index contributed by atoms with van der Waals surface area (Å²) in [4.78, 5) is 20.0. The molecule has 0 saturated heterocycles. The van der Waals surface area contributed by atoms with Gasteiger partial charge in [0.2, 0.25) is 0 Å². The second-order valence-electron chi connectivity index (χ2n) is 6.27. The van der Waals surface area contributed by atoms with Crippen molar-refractivity contribution >= 4 is 50.8 Å². The Labute approximate surface area is 174 Å². The molecule has 1 aliphatic rings. The normalized spacial score (nSPS) is 13.4. The van der Waals surface area contributed by atoms with E-state index in [1.54, 1.807) is 23.5 Å². The number of benzene rings is 2. The van der Waals surface area contributed by atoms with Crippen molar-refractivity contribution < 1.29 is 0 Å². The Kier molecular flexibility index (Phi) is 4.58. The summed E-state index contributed by atoms with van der Waals surface area (Å²) in [5.74, 6) is 0.702. The summed E-state index contributed by atoms with van der Waals surface area (Å²) in [6.07, 6.45) is 2.06. The van der Waals surface area contributed by atoms with Crippen molar-refractivity contribution in [2.24, 2.45) is 5.10 Å². The molecule has 5 rings (SSSR count). The predicted octanol–water partition coefficient (Wildman–Crippen LogP) is 5.21. The molecule has 4 aromatic rings. The molecule has 138 valence electrons. The smallest absolute Gasteiger partial charge is 0.266 e. The van der Waals surface area contributed by atoms with Gasteiger partial charge < -0.3 is 0 Å². The third-order valence-electron chi connectivity index (χ3n) is 4.62. The van der Waals surface area contributed by atoms with Gasteiger partial charge in [-0.15, -0.1) is 23.1 Å². The third kappa shape index (κ3) is 2.99. The summed E-state index contributed by atoms with van der Waals surface area (Å²) in [5, 5.41) is 7.98. The molecule has 0 unspecified atom stereocenters. The first-order chi connectivity index (χ1) is 13.7. The van der Waals surface area contributed by atoms with Gasteiger partial charge in [-0.3, -0.25) is 4.79 Å². The van der Waals surface area contributed by atoms with Gasteiger partial charge in [0.05, 0.1) is 11.1 Å². The molecule has 7 heteroatoms. The number of hydrogen-bond acceptors (Lipinski definition) is 6. The van der Waals surface area contributed by atoms with Crippen LogP contribution in [0, 0.1) is 0 Å². The van der Waals surface area contributed by atoms with E-state index in [1.807, 2.05) is 35.7 Å². The summed E-state index contributed by atoms with van der Waals surface area (Å²) < 4.78 is 1.47. The molecule has 0 fully saturated rings. The van der Waals surface area contributed by atoms with Gasteiger partial charge in [-0.05, 0) is 29.5 Å². The van der Waals surface area contributed by atoms with Crippen LogP contribution in [0.25, 0.3) is 21.3 Å². The van der Waals surface area contributed by atoms with Gasteiger partial charge in [0.1, 0.15) is 4.83 Å². The molecule has 0 saturated carbocycles. The molecule has 0 spiro atoms. The second kappa shape index (κ2) is 7.24. The lowest BCUT2D eigenvalue weighted by molar-refractivity contribution is 0.700. The topological polar surface area (TPSA) is 47.2 Å². The quantitative estimate of drug-likeness (QED) is 0.337. The van der Waals surface area contributed by atoms with E-state index in [1.165, 1.54) is 20.9 Å². The molecule has 0 aliphatic carbocycles. The Morgan fingerprint density at radius 1 is 1.04 bits per heavy atom. The fourth-order valence-corrected chi connectivity index (χ4v) is 5.48. The average Bonchev–Trinajstić information content (AvgIpc) is 3.19. The van der Waals surface area contributed by atoms with E-state index in [0.29, 0.717) is 16.3 Å². The van der Waals surface area contributed by atoms with Gasteiger partial charge in [0.25, 0.3) is 5.56 Å². The summed E-state index contributed by atoms with van der Waals surface area (Å²) in [6, 6.07) is 18.3. The van der Waals surface area contributed by atoms with Crippen molar-refractivity contribution in [2.75, 3.05) is 12.0 Å². The van der Waals surface area contributed by atoms with E-state index >= 15 is 0 Å². The lowest BCUT2D eigenvalue weighted by atomic mass is 10.1. The van der Waals surface area contributed by atoms with Crippen LogP contribution in [0.1, 0.15) is 5.56 Å². The van der Waals surface area contributed by atoms with Crippen LogP contribution in [0.2, 0.25) is 0 Å². The lowest BCUT2D eigenvalue weighted by Crippen LogP contribution is -2.25. The average molecular weight is 422 g/mol. The zero-order valence-corrected chi connectivity index (χ0v) is 17.4. The van der Waals surface area contributed by atoms with Crippen molar-refractivity contribution in [1.82, 2.24) is 9.66 Å². The predicted molar refractivity (Wildman–Crippen MR) is 120 cm³/mol. The minimum Gasteiger partial charge on any atom is -0.266 e. The van der Waals surface area contributed by atoms with E-state index in [4.69, 9.17) is 4.98 Å². The van der Waals surface area contributed by atoms with Gasteiger partial charge >= 0.3 is 0 Å². The number of aromatic nitrogens is 2. The van der Waals surface area contributed by atoms with Crippen molar-refractivity contribution in [3.05, 3.63) is 75.9 Å². The maximum absolute atomic E-state index is 13.3.